The molecule has 0 aromatic rings. The summed E-state index contributed by atoms with van der Waals surface area (Å²) in [4.78, 5) is 15.4. The summed E-state index contributed by atoms with van der Waals surface area (Å²) in [5.41, 5.74) is 0. The molecule has 0 heterocycles. The van der Waals surface area contributed by atoms with E-state index in [9.17, 15) is 4.79 Å². The van der Waals surface area contributed by atoms with Gasteiger partial charge in [-0.1, -0.05) is 0 Å². The molecule has 0 saturated heterocycles. The molecule has 1 N–H and O–H groups in total. The number of hydrogen-bond acceptors (Lipinski definition) is 3. The minimum atomic E-state index is -1.30. The first kappa shape index (κ1) is 12.2. The van der Waals surface area contributed by atoms with Gasteiger partial charge in [-0.25, -0.2) is 4.79 Å². The molecular formula is C8H18NO4+. The zero-order valence-electron chi connectivity index (χ0n) is 8.45. The van der Waals surface area contributed by atoms with Crippen LogP contribution < -0.4 is 0 Å². The molecule has 0 bridgehead atoms. The van der Waals surface area contributed by atoms with Crippen LogP contribution in [0.1, 0.15) is 20.8 Å². The van der Waals surface area contributed by atoms with E-state index in [2.05, 4.69) is 4.74 Å². The van der Waals surface area contributed by atoms with E-state index in [4.69, 9.17) is 9.94 Å². The maximum absolute atomic E-state index is 10.0. The third-order valence-corrected chi connectivity index (χ3v) is 2.24. The van der Waals surface area contributed by atoms with Crippen molar-refractivity contribution in [3.8, 4) is 0 Å². The quantitative estimate of drug-likeness (QED) is 0.299. The van der Waals surface area contributed by atoms with Crippen LogP contribution in [0.5, 0.6) is 0 Å². The molecular weight excluding hydrogens is 174 g/mol. The van der Waals surface area contributed by atoms with E-state index in [1.54, 1.807) is 0 Å². The second kappa shape index (κ2) is 5.77. The van der Waals surface area contributed by atoms with Gasteiger partial charge in [0.25, 0.3) is 6.79 Å². The number of carboxylic acid groups (broad SMARTS) is 1. The molecule has 0 amide bonds. The smallest absolute Gasteiger partial charge is 0.450 e. The van der Waals surface area contributed by atoms with Gasteiger partial charge in [0.2, 0.25) is 0 Å². The Morgan fingerprint density at radius 2 is 1.69 bits per heavy atom. The lowest BCUT2D eigenvalue weighted by molar-refractivity contribution is -1.10. The van der Waals surface area contributed by atoms with Crippen molar-refractivity contribution in [1.82, 2.24) is 0 Å². The highest BCUT2D eigenvalue weighted by Gasteiger charge is 2.23. The number of nitrogens with zero attached hydrogens (tertiary/aromatic N) is 1. The third kappa shape index (κ3) is 4.10. The monoisotopic (exact) mass is 192 g/mol. The van der Waals surface area contributed by atoms with Gasteiger partial charge in [-0.2, -0.15) is 9.48 Å². The minimum absolute atomic E-state index is 0.204. The van der Waals surface area contributed by atoms with Crippen molar-refractivity contribution in [2.24, 2.45) is 0 Å². The topological polar surface area (TPSA) is 55.8 Å². The first-order valence-electron chi connectivity index (χ1n) is 4.46. The lowest BCUT2D eigenvalue weighted by Gasteiger charge is -2.31. The van der Waals surface area contributed by atoms with E-state index < -0.39 is 6.16 Å². The molecule has 0 aromatic heterocycles. The van der Waals surface area contributed by atoms with Crippen molar-refractivity contribution in [2.75, 3.05) is 26.4 Å². The highest BCUT2D eigenvalue weighted by Crippen LogP contribution is 2.06. The van der Waals surface area contributed by atoms with E-state index in [-0.39, 0.29) is 6.79 Å². The summed E-state index contributed by atoms with van der Waals surface area (Å²) in [5, 5.41) is 8.22. The largest absolute Gasteiger partial charge is 0.508 e. The number of hydroxylamine groups is 3. The van der Waals surface area contributed by atoms with Crippen molar-refractivity contribution >= 4 is 6.16 Å². The van der Waals surface area contributed by atoms with Gasteiger partial charge in [0.15, 0.2) is 0 Å². The summed E-state index contributed by atoms with van der Waals surface area (Å²) >= 11 is 0. The number of carbonyl (C=O) groups is 1. The maximum Gasteiger partial charge on any atom is 0.508 e. The molecule has 0 unspecified atom stereocenters. The van der Waals surface area contributed by atoms with Gasteiger partial charge < -0.3 is 9.84 Å². The van der Waals surface area contributed by atoms with Crippen LogP contribution in [-0.2, 0) is 9.57 Å². The molecule has 0 aliphatic rings. The van der Waals surface area contributed by atoms with Crippen molar-refractivity contribution in [3.63, 3.8) is 0 Å². The summed E-state index contributed by atoms with van der Waals surface area (Å²) in [6.45, 7) is 8.18. The standard InChI is InChI=1S/C8H17NO4/c1-4-9(5-2,6-3)13-7-12-8(10)11/h4-7H2,1-3H3/p+1. The summed E-state index contributed by atoms with van der Waals surface area (Å²) < 4.78 is 4.71. The van der Waals surface area contributed by atoms with Crippen LogP contribution in [0.15, 0.2) is 0 Å². The van der Waals surface area contributed by atoms with E-state index >= 15 is 0 Å². The summed E-state index contributed by atoms with van der Waals surface area (Å²) in [5.74, 6) is 0. The molecule has 5 nitrogen and oxygen atoms in total. The van der Waals surface area contributed by atoms with Gasteiger partial charge >= 0.3 is 6.16 Å². The molecule has 0 aliphatic carbocycles. The molecule has 78 valence electrons. The highest BCUT2D eigenvalue weighted by molar-refractivity contribution is 5.56. The highest BCUT2D eigenvalue weighted by atomic mass is 16.8. The fourth-order valence-electron chi connectivity index (χ4n) is 1.13. The van der Waals surface area contributed by atoms with Crippen LogP contribution in [0.25, 0.3) is 0 Å². The van der Waals surface area contributed by atoms with Crippen LogP contribution in [0, 0.1) is 0 Å². The Labute approximate surface area is 78.4 Å². The molecule has 0 atom stereocenters. The Bertz CT molecular complexity index is 148. The van der Waals surface area contributed by atoms with E-state index in [1.165, 1.54) is 0 Å². The first-order valence-corrected chi connectivity index (χ1v) is 4.46. The zero-order valence-corrected chi connectivity index (χ0v) is 8.45. The average molecular weight is 192 g/mol. The molecule has 0 radical (unpaired) electrons. The summed E-state index contributed by atoms with van der Waals surface area (Å²) in [7, 11) is 0. The van der Waals surface area contributed by atoms with Gasteiger partial charge in [0.05, 0.1) is 0 Å². The van der Waals surface area contributed by atoms with Crippen LogP contribution in [0.4, 0.5) is 4.79 Å². The zero-order chi connectivity index (χ0) is 10.3. The average Bonchev–Trinajstić information content (AvgIpc) is 2.13. The summed E-state index contributed by atoms with van der Waals surface area (Å²) in [6, 6.07) is 0. The summed E-state index contributed by atoms with van der Waals surface area (Å²) in [6.07, 6.45) is -1.30. The normalized spacial score (nSPS) is 11.3. The second-order valence-corrected chi connectivity index (χ2v) is 2.66. The Hall–Kier alpha value is -0.810. The molecule has 0 saturated carbocycles. The maximum atomic E-state index is 10.0. The molecule has 13 heavy (non-hydrogen) atoms. The number of ether oxygens (including phenoxy) is 1. The van der Waals surface area contributed by atoms with Crippen LogP contribution in [0.3, 0.4) is 0 Å². The van der Waals surface area contributed by atoms with Gasteiger partial charge in [0.1, 0.15) is 19.6 Å². The fraction of sp³-hybridized carbons (Fsp3) is 0.875. The number of rotatable bonds is 6. The Kier molecular flexibility index (Phi) is 5.41. The first-order chi connectivity index (χ1) is 6.10. The molecule has 5 heteroatoms. The Morgan fingerprint density at radius 1 is 1.23 bits per heavy atom. The molecule has 0 aromatic carbocycles. The van der Waals surface area contributed by atoms with Crippen molar-refractivity contribution in [2.45, 2.75) is 20.8 Å². The Morgan fingerprint density at radius 3 is 2.00 bits per heavy atom. The Balaban J connectivity index is 3.88. The molecule has 0 spiro atoms. The van der Waals surface area contributed by atoms with Gasteiger partial charge in [-0.15, -0.1) is 0 Å². The number of quaternary nitrogens is 1. The van der Waals surface area contributed by atoms with Gasteiger partial charge in [0, 0.05) is 0 Å². The van der Waals surface area contributed by atoms with E-state index in [1.807, 2.05) is 20.8 Å². The van der Waals surface area contributed by atoms with Crippen molar-refractivity contribution in [1.29, 1.82) is 0 Å². The van der Waals surface area contributed by atoms with Gasteiger partial charge in [-0.05, 0) is 20.8 Å². The third-order valence-electron chi connectivity index (χ3n) is 2.24. The molecule has 0 fully saturated rings. The second-order valence-electron chi connectivity index (χ2n) is 2.66. The number of hydrogen-bond donors (Lipinski definition) is 1. The SMILES string of the molecule is CC[N+](CC)(CC)OCOC(=O)O. The predicted octanol–water partition coefficient (Wildman–Crippen LogP) is 1.45. The predicted molar refractivity (Wildman–Crippen MR) is 46.9 cm³/mol. The minimum Gasteiger partial charge on any atom is -0.450 e. The van der Waals surface area contributed by atoms with Crippen LogP contribution in [0.2, 0.25) is 0 Å². The van der Waals surface area contributed by atoms with Crippen molar-refractivity contribution in [3.05, 3.63) is 0 Å². The van der Waals surface area contributed by atoms with E-state index in [0.717, 1.165) is 19.6 Å². The van der Waals surface area contributed by atoms with E-state index in [0.29, 0.717) is 4.65 Å². The lowest BCUT2D eigenvalue weighted by Crippen LogP contribution is -2.47. The fourth-order valence-corrected chi connectivity index (χ4v) is 1.13. The van der Waals surface area contributed by atoms with Crippen molar-refractivity contribution < 1.29 is 24.1 Å². The lowest BCUT2D eigenvalue weighted by atomic mass is 10.5. The van der Waals surface area contributed by atoms with Crippen LogP contribution >= 0.6 is 0 Å². The molecule has 0 aliphatic heterocycles. The van der Waals surface area contributed by atoms with Crippen LogP contribution in [-0.4, -0.2) is 42.3 Å². The molecule has 0 rings (SSSR count). The van der Waals surface area contributed by atoms with Gasteiger partial charge in [-0.3, -0.25) is 0 Å².